The summed E-state index contributed by atoms with van der Waals surface area (Å²) in [7, 11) is 0. The van der Waals surface area contributed by atoms with Gasteiger partial charge in [0, 0.05) is 15.3 Å². The van der Waals surface area contributed by atoms with E-state index in [2.05, 4.69) is 91.1 Å². The third-order valence-corrected chi connectivity index (χ3v) is 4.08. The predicted molar refractivity (Wildman–Crippen MR) is 87.1 cm³/mol. The van der Waals surface area contributed by atoms with Gasteiger partial charge in [-0.3, -0.25) is 0 Å². The Morgan fingerprint density at radius 1 is 1.06 bits per heavy atom. The van der Waals surface area contributed by atoms with Gasteiger partial charge in [0.2, 0.25) is 0 Å². The van der Waals surface area contributed by atoms with Gasteiger partial charge in [0.25, 0.3) is 0 Å². The zero-order valence-electron chi connectivity index (χ0n) is 11.0. The summed E-state index contributed by atoms with van der Waals surface area (Å²) in [5.74, 6) is 0. The van der Waals surface area contributed by atoms with E-state index < -0.39 is 0 Å². The number of benzene rings is 2. The topological polar surface area (TPSA) is 12.0 Å². The van der Waals surface area contributed by atoms with Crippen molar-refractivity contribution in [3.63, 3.8) is 0 Å². The molecule has 0 saturated carbocycles. The molecular formula is C16H18IN. The van der Waals surface area contributed by atoms with Gasteiger partial charge in [-0.1, -0.05) is 35.9 Å². The van der Waals surface area contributed by atoms with E-state index in [-0.39, 0.29) is 0 Å². The van der Waals surface area contributed by atoms with Gasteiger partial charge in [0.1, 0.15) is 0 Å². The van der Waals surface area contributed by atoms with Gasteiger partial charge in [-0.15, -0.1) is 0 Å². The molecule has 18 heavy (non-hydrogen) atoms. The van der Waals surface area contributed by atoms with Gasteiger partial charge < -0.3 is 5.32 Å². The molecule has 0 heterocycles. The molecule has 2 aromatic carbocycles. The van der Waals surface area contributed by atoms with Crippen molar-refractivity contribution < 1.29 is 0 Å². The Hall–Kier alpha value is -1.03. The van der Waals surface area contributed by atoms with E-state index in [0.29, 0.717) is 6.04 Å². The maximum absolute atomic E-state index is 3.58. The first kappa shape index (κ1) is 13.4. The molecule has 1 N–H and O–H groups in total. The summed E-state index contributed by atoms with van der Waals surface area (Å²) in [6, 6.07) is 15.3. The van der Waals surface area contributed by atoms with E-state index in [1.54, 1.807) is 0 Å². The van der Waals surface area contributed by atoms with Crippen LogP contribution < -0.4 is 5.32 Å². The zero-order chi connectivity index (χ0) is 13.1. The summed E-state index contributed by atoms with van der Waals surface area (Å²) < 4.78 is 1.26. The monoisotopic (exact) mass is 351 g/mol. The lowest BCUT2D eigenvalue weighted by atomic mass is 10.00. The number of nitrogens with one attached hydrogen (secondary N) is 1. The van der Waals surface area contributed by atoms with Crippen molar-refractivity contribution in [2.24, 2.45) is 0 Å². The molecule has 2 rings (SSSR count). The lowest BCUT2D eigenvalue weighted by Gasteiger charge is -2.19. The molecular weight excluding hydrogens is 333 g/mol. The molecule has 0 aromatic heterocycles. The number of hydrogen-bond acceptors (Lipinski definition) is 1. The van der Waals surface area contributed by atoms with E-state index >= 15 is 0 Å². The van der Waals surface area contributed by atoms with Crippen LogP contribution >= 0.6 is 22.6 Å². The largest absolute Gasteiger partial charge is 0.378 e. The quantitative estimate of drug-likeness (QED) is 0.761. The predicted octanol–water partition coefficient (Wildman–Crippen LogP) is 5.08. The number of aryl methyl sites for hydroxylation is 2. The maximum atomic E-state index is 3.58. The number of anilines is 1. The molecule has 0 spiro atoms. The van der Waals surface area contributed by atoms with E-state index in [1.165, 1.54) is 25.9 Å². The molecule has 1 atom stereocenters. The van der Waals surface area contributed by atoms with Crippen LogP contribution in [-0.4, -0.2) is 0 Å². The molecule has 0 saturated heterocycles. The Morgan fingerprint density at radius 2 is 1.78 bits per heavy atom. The molecule has 0 fully saturated rings. The third-order valence-electron chi connectivity index (χ3n) is 3.14. The van der Waals surface area contributed by atoms with Crippen molar-refractivity contribution in [1.82, 2.24) is 0 Å². The maximum Gasteiger partial charge on any atom is 0.0488 e. The van der Waals surface area contributed by atoms with Crippen molar-refractivity contribution in [2.75, 3.05) is 5.32 Å². The molecule has 0 aliphatic rings. The summed E-state index contributed by atoms with van der Waals surface area (Å²) in [5, 5.41) is 3.58. The van der Waals surface area contributed by atoms with Gasteiger partial charge in [-0.2, -0.15) is 0 Å². The Kier molecular flexibility index (Phi) is 4.27. The van der Waals surface area contributed by atoms with Crippen LogP contribution in [-0.2, 0) is 0 Å². The second-order valence-corrected chi connectivity index (χ2v) is 5.87. The molecule has 2 heteroatoms. The fourth-order valence-electron chi connectivity index (χ4n) is 2.20. The first-order valence-electron chi connectivity index (χ1n) is 6.16. The minimum Gasteiger partial charge on any atom is -0.378 e. The van der Waals surface area contributed by atoms with Crippen molar-refractivity contribution in [1.29, 1.82) is 0 Å². The van der Waals surface area contributed by atoms with Crippen LogP contribution in [0.2, 0.25) is 0 Å². The Bertz CT molecular complexity index is 549. The molecule has 1 nitrogen and oxygen atoms in total. The van der Waals surface area contributed by atoms with Crippen molar-refractivity contribution in [3.8, 4) is 0 Å². The highest BCUT2D eigenvalue weighted by Crippen LogP contribution is 2.25. The molecule has 0 amide bonds. The molecule has 0 aliphatic heterocycles. The van der Waals surface area contributed by atoms with Crippen LogP contribution in [0.1, 0.15) is 29.7 Å². The number of rotatable bonds is 3. The normalized spacial score (nSPS) is 12.2. The van der Waals surface area contributed by atoms with Crippen LogP contribution in [0.15, 0.2) is 42.5 Å². The van der Waals surface area contributed by atoms with E-state index in [0.717, 1.165) is 0 Å². The Labute approximate surface area is 123 Å². The van der Waals surface area contributed by atoms with Crippen LogP contribution in [0.4, 0.5) is 5.69 Å². The number of para-hydroxylation sites is 1. The minimum atomic E-state index is 0.321. The van der Waals surface area contributed by atoms with E-state index in [1.807, 2.05) is 0 Å². The summed E-state index contributed by atoms with van der Waals surface area (Å²) in [6.07, 6.45) is 0. The number of hydrogen-bond donors (Lipinski definition) is 1. The summed E-state index contributed by atoms with van der Waals surface area (Å²) in [6.45, 7) is 6.52. The van der Waals surface area contributed by atoms with Gasteiger partial charge in [0.15, 0.2) is 0 Å². The van der Waals surface area contributed by atoms with Gasteiger partial charge >= 0.3 is 0 Å². The number of halogens is 1. The average molecular weight is 351 g/mol. The summed E-state index contributed by atoms with van der Waals surface area (Å²) in [4.78, 5) is 0. The molecule has 94 valence electrons. The lowest BCUT2D eigenvalue weighted by molar-refractivity contribution is 0.872. The lowest BCUT2D eigenvalue weighted by Crippen LogP contribution is -2.09. The first-order valence-corrected chi connectivity index (χ1v) is 7.24. The zero-order valence-corrected chi connectivity index (χ0v) is 13.2. The molecule has 2 aromatic rings. The summed E-state index contributed by atoms with van der Waals surface area (Å²) in [5.41, 5.74) is 5.23. The second kappa shape index (κ2) is 5.74. The fourth-order valence-corrected chi connectivity index (χ4v) is 2.74. The third kappa shape index (κ3) is 3.05. The standard InChI is InChI=1S/C16H18IN/c1-11-8-9-14(12(2)10-11)13(3)18-16-7-5-4-6-15(16)17/h4-10,13,18H,1-3H3. The van der Waals surface area contributed by atoms with Crippen LogP contribution in [0.5, 0.6) is 0 Å². The SMILES string of the molecule is Cc1ccc(C(C)Nc2ccccc2I)c(C)c1. The highest BCUT2D eigenvalue weighted by Gasteiger charge is 2.09. The average Bonchev–Trinajstić information content (AvgIpc) is 2.32. The van der Waals surface area contributed by atoms with E-state index in [4.69, 9.17) is 0 Å². The second-order valence-electron chi connectivity index (χ2n) is 4.71. The Balaban J connectivity index is 2.22. The van der Waals surface area contributed by atoms with Crippen molar-refractivity contribution in [3.05, 3.63) is 62.7 Å². The Morgan fingerprint density at radius 3 is 2.44 bits per heavy atom. The van der Waals surface area contributed by atoms with Crippen LogP contribution in [0, 0.1) is 17.4 Å². The van der Waals surface area contributed by atoms with E-state index in [9.17, 15) is 0 Å². The van der Waals surface area contributed by atoms with Gasteiger partial charge in [-0.05, 0) is 66.6 Å². The summed E-state index contributed by atoms with van der Waals surface area (Å²) >= 11 is 2.36. The van der Waals surface area contributed by atoms with Gasteiger partial charge in [-0.25, -0.2) is 0 Å². The fraction of sp³-hybridized carbons (Fsp3) is 0.250. The highest BCUT2D eigenvalue weighted by atomic mass is 127. The molecule has 0 radical (unpaired) electrons. The van der Waals surface area contributed by atoms with Crippen molar-refractivity contribution in [2.45, 2.75) is 26.8 Å². The van der Waals surface area contributed by atoms with Crippen LogP contribution in [0.25, 0.3) is 0 Å². The van der Waals surface area contributed by atoms with Gasteiger partial charge in [0.05, 0.1) is 0 Å². The molecule has 0 aliphatic carbocycles. The molecule has 1 unspecified atom stereocenters. The first-order chi connectivity index (χ1) is 8.58. The highest BCUT2D eigenvalue weighted by molar-refractivity contribution is 14.1. The van der Waals surface area contributed by atoms with Crippen LogP contribution in [0.3, 0.4) is 0 Å². The molecule has 0 bridgehead atoms. The smallest absolute Gasteiger partial charge is 0.0488 e. The van der Waals surface area contributed by atoms with Crippen molar-refractivity contribution >= 4 is 28.3 Å². The minimum absolute atomic E-state index is 0.321.